The van der Waals surface area contributed by atoms with Crippen molar-refractivity contribution in [2.45, 2.75) is 47.6 Å². The van der Waals surface area contributed by atoms with Crippen molar-refractivity contribution in [3.05, 3.63) is 55.9 Å². The van der Waals surface area contributed by atoms with E-state index in [9.17, 15) is 14.4 Å². The molecule has 146 valence electrons. The first-order chi connectivity index (χ1) is 13.2. The third kappa shape index (κ3) is 3.75. The summed E-state index contributed by atoms with van der Waals surface area (Å²) in [6.45, 7) is 9.24. The zero-order valence-electron chi connectivity index (χ0n) is 16.7. The monoisotopic (exact) mass is 397 g/mol. The Kier molecular flexibility index (Phi) is 5.47. The molecule has 2 aromatic heterocycles. The Morgan fingerprint density at radius 1 is 1.18 bits per heavy atom. The molecule has 0 bridgehead atoms. The van der Waals surface area contributed by atoms with Crippen LogP contribution in [0.4, 0.5) is 5.69 Å². The van der Waals surface area contributed by atoms with Gasteiger partial charge in [-0.05, 0) is 51.8 Å². The number of ketones is 1. The van der Waals surface area contributed by atoms with Crippen molar-refractivity contribution in [1.29, 1.82) is 0 Å². The highest BCUT2D eigenvalue weighted by Crippen LogP contribution is 2.28. The van der Waals surface area contributed by atoms with Crippen LogP contribution in [0.1, 0.15) is 45.5 Å². The van der Waals surface area contributed by atoms with Crippen LogP contribution in [0.25, 0.3) is 10.2 Å². The fraction of sp³-hybridized carbons (Fsp3) is 0.333. The fourth-order valence-electron chi connectivity index (χ4n) is 3.20. The van der Waals surface area contributed by atoms with Crippen molar-refractivity contribution in [3.8, 4) is 0 Å². The number of benzene rings is 1. The van der Waals surface area contributed by atoms with Gasteiger partial charge in [0.05, 0.1) is 10.3 Å². The molecule has 1 N–H and O–H groups in total. The molecule has 0 saturated heterocycles. The third-order valence-corrected chi connectivity index (χ3v) is 5.95. The number of thiophene rings is 1. The van der Waals surface area contributed by atoms with Gasteiger partial charge in [0.2, 0.25) is 0 Å². The molecule has 0 unspecified atom stereocenters. The van der Waals surface area contributed by atoms with Crippen LogP contribution in [0.2, 0.25) is 0 Å². The lowest BCUT2D eigenvalue weighted by atomic mass is 10.1. The predicted octanol–water partition coefficient (Wildman–Crippen LogP) is 3.92. The van der Waals surface area contributed by atoms with E-state index in [0.717, 1.165) is 16.8 Å². The number of carbonyl (C=O) groups excluding carboxylic acids is 2. The molecule has 0 radical (unpaired) electrons. The van der Waals surface area contributed by atoms with E-state index in [1.54, 1.807) is 13.8 Å². The average molecular weight is 398 g/mol. The highest BCUT2D eigenvalue weighted by Gasteiger charge is 2.21. The van der Waals surface area contributed by atoms with Gasteiger partial charge in [0, 0.05) is 18.7 Å². The van der Waals surface area contributed by atoms with Crippen molar-refractivity contribution in [2.24, 2.45) is 0 Å². The van der Waals surface area contributed by atoms with Gasteiger partial charge in [0.25, 0.3) is 11.5 Å². The van der Waals surface area contributed by atoms with Gasteiger partial charge in [0.15, 0.2) is 0 Å². The van der Waals surface area contributed by atoms with Gasteiger partial charge in [-0.1, -0.05) is 17.7 Å². The summed E-state index contributed by atoms with van der Waals surface area (Å²) >= 11 is 1.22. The average Bonchev–Trinajstić information content (AvgIpc) is 2.93. The van der Waals surface area contributed by atoms with Gasteiger partial charge in [-0.3, -0.25) is 19.0 Å². The molecule has 3 rings (SSSR count). The van der Waals surface area contributed by atoms with E-state index in [1.807, 2.05) is 32.0 Å². The molecule has 1 amide bonds. The van der Waals surface area contributed by atoms with E-state index < -0.39 is 0 Å². The van der Waals surface area contributed by atoms with Gasteiger partial charge in [-0.25, -0.2) is 4.98 Å². The second kappa shape index (κ2) is 7.67. The number of anilines is 1. The van der Waals surface area contributed by atoms with Crippen molar-refractivity contribution in [3.63, 3.8) is 0 Å². The Balaban J connectivity index is 2.02. The Labute approximate surface area is 167 Å². The van der Waals surface area contributed by atoms with Crippen LogP contribution in [0.15, 0.2) is 23.0 Å². The molecule has 0 aliphatic carbocycles. The number of rotatable bonds is 5. The Bertz CT molecular complexity index is 1160. The second-order valence-electron chi connectivity index (χ2n) is 7.08. The topological polar surface area (TPSA) is 81.1 Å². The summed E-state index contributed by atoms with van der Waals surface area (Å²) in [5.74, 6) is 0.308. The maximum absolute atomic E-state index is 13.0. The smallest absolute Gasteiger partial charge is 0.266 e. The molecule has 0 fully saturated rings. The second-order valence-corrected chi connectivity index (χ2v) is 8.08. The zero-order chi connectivity index (χ0) is 20.6. The highest BCUT2D eigenvalue weighted by molar-refractivity contribution is 7.20. The number of hydrogen-bond donors (Lipinski definition) is 1. The van der Waals surface area contributed by atoms with E-state index >= 15 is 0 Å². The number of aryl methyl sites for hydroxylation is 4. The van der Waals surface area contributed by atoms with Crippen LogP contribution < -0.4 is 10.9 Å². The maximum atomic E-state index is 13.0. The van der Waals surface area contributed by atoms with E-state index in [0.29, 0.717) is 33.0 Å². The van der Waals surface area contributed by atoms with E-state index in [-0.39, 0.29) is 23.7 Å². The van der Waals surface area contributed by atoms with Crippen molar-refractivity contribution in [2.75, 3.05) is 5.32 Å². The quantitative estimate of drug-likeness (QED) is 0.707. The molecule has 7 heteroatoms. The molecule has 1 aromatic carbocycles. The molecule has 0 aliphatic heterocycles. The van der Waals surface area contributed by atoms with Crippen LogP contribution in [-0.4, -0.2) is 21.2 Å². The standard InChI is InChI=1S/C21H23N3O3S/c1-11-6-7-16(12(2)10-11)23-19(26)18-14(4)17-20(28-18)22-15(5)24(21(17)27)9-8-13(3)25/h6-7,10H,8-9H2,1-5H3,(H,23,26). The van der Waals surface area contributed by atoms with Crippen molar-refractivity contribution >= 4 is 38.9 Å². The summed E-state index contributed by atoms with van der Waals surface area (Å²) in [5, 5.41) is 3.38. The van der Waals surface area contributed by atoms with Crippen molar-refractivity contribution in [1.82, 2.24) is 9.55 Å². The Morgan fingerprint density at radius 2 is 1.89 bits per heavy atom. The molecule has 28 heavy (non-hydrogen) atoms. The minimum Gasteiger partial charge on any atom is -0.321 e. The molecule has 6 nitrogen and oxygen atoms in total. The van der Waals surface area contributed by atoms with Gasteiger partial charge in [0.1, 0.15) is 16.4 Å². The van der Waals surface area contributed by atoms with E-state index in [1.165, 1.54) is 22.8 Å². The van der Waals surface area contributed by atoms with Crippen LogP contribution in [0.5, 0.6) is 0 Å². The minimum atomic E-state index is -0.250. The molecule has 3 aromatic rings. The highest BCUT2D eigenvalue weighted by atomic mass is 32.1. The number of fused-ring (bicyclic) bond motifs is 1. The minimum absolute atomic E-state index is 0.0157. The SMILES string of the molecule is CC(=O)CCn1c(C)nc2sc(C(=O)Nc3ccc(C)cc3C)c(C)c2c1=O. The lowest BCUT2D eigenvalue weighted by Gasteiger charge is -2.09. The van der Waals surface area contributed by atoms with Crippen LogP contribution in [0, 0.1) is 27.7 Å². The molecule has 0 saturated carbocycles. The third-order valence-electron chi connectivity index (χ3n) is 4.76. The van der Waals surface area contributed by atoms with E-state index in [2.05, 4.69) is 10.3 Å². The van der Waals surface area contributed by atoms with Crippen molar-refractivity contribution < 1.29 is 9.59 Å². The number of amides is 1. The summed E-state index contributed by atoms with van der Waals surface area (Å²) in [7, 11) is 0. The summed E-state index contributed by atoms with van der Waals surface area (Å²) in [6.07, 6.45) is 0.275. The van der Waals surface area contributed by atoms with Gasteiger partial charge < -0.3 is 5.32 Å². The first-order valence-corrected chi connectivity index (χ1v) is 9.89. The lowest BCUT2D eigenvalue weighted by molar-refractivity contribution is -0.117. The lowest BCUT2D eigenvalue weighted by Crippen LogP contribution is -2.24. The molecular formula is C21H23N3O3S. The summed E-state index contributed by atoms with van der Waals surface area (Å²) in [4.78, 5) is 42.6. The number of Topliss-reactive ketones (excluding diaryl/α,β-unsaturated/α-hetero) is 1. The van der Waals surface area contributed by atoms with Crippen LogP contribution in [-0.2, 0) is 11.3 Å². The molecule has 0 spiro atoms. The number of aromatic nitrogens is 2. The van der Waals surface area contributed by atoms with Crippen LogP contribution >= 0.6 is 11.3 Å². The first-order valence-electron chi connectivity index (χ1n) is 9.07. The summed E-state index contributed by atoms with van der Waals surface area (Å²) < 4.78 is 1.51. The van der Waals surface area contributed by atoms with Gasteiger partial charge in [-0.2, -0.15) is 0 Å². The van der Waals surface area contributed by atoms with Crippen LogP contribution in [0.3, 0.4) is 0 Å². The van der Waals surface area contributed by atoms with Gasteiger partial charge in [-0.15, -0.1) is 11.3 Å². The maximum Gasteiger partial charge on any atom is 0.266 e. The molecule has 0 aliphatic rings. The predicted molar refractivity (Wildman–Crippen MR) is 113 cm³/mol. The summed E-state index contributed by atoms with van der Waals surface area (Å²) in [6, 6.07) is 5.83. The van der Waals surface area contributed by atoms with E-state index in [4.69, 9.17) is 0 Å². The number of nitrogens with zero attached hydrogens (tertiary/aromatic N) is 2. The first kappa shape index (κ1) is 19.9. The molecule has 0 atom stereocenters. The Morgan fingerprint density at radius 3 is 2.54 bits per heavy atom. The Hall–Kier alpha value is -2.80. The normalized spacial score (nSPS) is 11.0. The summed E-state index contributed by atoms with van der Waals surface area (Å²) in [5.41, 5.74) is 3.27. The zero-order valence-corrected chi connectivity index (χ0v) is 17.5. The number of hydrogen-bond acceptors (Lipinski definition) is 5. The number of carbonyl (C=O) groups is 2. The largest absolute Gasteiger partial charge is 0.321 e. The van der Waals surface area contributed by atoms with Gasteiger partial charge >= 0.3 is 0 Å². The molecule has 2 heterocycles. The molecular weight excluding hydrogens is 374 g/mol. The fourth-order valence-corrected chi connectivity index (χ4v) is 4.31. The number of nitrogens with one attached hydrogen (secondary N) is 1.